The van der Waals surface area contributed by atoms with Crippen molar-refractivity contribution >= 4 is 34.8 Å². The Balaban J connectivity index is 1.99. The number of nitrogens with one attached hydrogen (secondary N) is 1. The molecular weight excluding hydrogens is 339 g/mol. The average molecular weight is 353 g/mol. The summed E-state index contributed by atoms with van der Waals surface area (Å²) in [5.41, 5.74) is 1.29. The summed E-state index contributed by atoms with van der Waals surface area (Å²) in [6.45, 7) is 2.31. The first-order valence-electron chi connectivity index (χ1n) is 6.86. The highest BCUT2D eigenvalue weighted by Gasteiger charge is 2.13. The van der Waals surface area contributed by atoms with E-state index in [2.05, 4.69) is 5.32 Å². The summed E-state index contributed by atoms with van der Waals surface area (Å²) in [7, 11) is 0. The molecule has 0 saturated carbocycles. The average Bonchev–Trinajstić information content (AvgIpc) is 2.52. The molecule has 23 heavy (non-hydrogen) atoms. The molecule has 5 nitrogen and oxygen atoms in total. The number of nitro groups is 1. The summed E-state index contributed by atoms with van der Waals surface area (Å²) in [5.74, 6) is -0.286. The van der Waals surface area contributed by atoms with Crippen molar-refractivity contribution in [2.24, 2.45) is 0 Å². The van der Waals surface area contributed by atoms with Crippen molar-refractivity contribution in [3.8, 4) is 0 Å². The maximum absolute atomic E-state index is 12.1. The quantitative estimate of drug-likeness (QED) is 0.638. The third-order valence-electron chi connectivity index (χ3n) is 3.42. The van der Waals surface area contributed by atoms with Gasteiger partial charge in [0.15, 0.2) is 0 Å². The zero-order valence-corrected chi connectivity index (χ0v) is 13.8. The van der Waals surface area contributed by atoms with Crippen LogP contribution >= 0.6 is 23.2 Å². The number of benzene rings is 2. The molecular formula is C16H14Cl2N2O3. The van der Waals surface area contributed by atoms with Crippen LogP contribution in [0.4, 0.5) is 5.69 Å². The molecule has 0 aliphatic heterocycles. The van der Waals surface area contributed by atoms with Gasteiger partial charge in [-0.25, -0.2) is 0 Å². The number of nitrogens with zero attached hydrogens (tertiary/aromatic N) is 1. The van der Waals surface area contributed by atoms with E-state index >= 15 is 0 Å². The summed E-state index contributed by atoms with van der Waals surface area (Å²) in [6, 6.07) is 10.9. The van der Waals surface area contributed by atoms with Crippen molar-refractivity contribution < 1.29 is 9.72 Å². The lowest BCUT2D eigenvalue weighted by molar-refractivity contribution is -0.384. The molecule has 0 aromatic heterocycles. The standard InChI is InChI=1S/C16H14Cl2N2O3/c1-10(11-2-5-13(6-3-11)20(22)23)9-19-16(21)14-7-4-12(17)8-15(14)18/h2-8,10H,9H2,1H3,(H,19,21)/t10-/m0/s1. The lowest BCUT2D eigenvalue weighted by Crippen LogP contribution is -2.27. The topological polar surface area (TPSA) is 72.2 Å². The van der Waals surface area contributed by atoms with Gasteiger partial charge < -0.3 is 5.32 Å². The third kappa shape index (κ3) is 4.43. The second-order valence-electron chi connectivity index (χ2n) is 5.08. The van der Waals surface area contributed by atoms with E-state index in [0.717, 1.165) is 5.56 Å². The van der Waals surface area contributed by atoms with Crippen LogP contribution in [0.3, 0.4) is 0 Å². The smallest absolute Gasteiger partial charge is 0.269 e. The van der Waals surface area contributed by atoms with Gasteiger partial charge in [-0.1, -0.05) is 42.3 Å². The minimum atomic E-state index is -0.446. The first-order valence-corrected chi connectivity index (χ1v) is 7.61. The van der Waals surface area contributed by atoms with Gasteiger partial charge in [-0.2, -0.15) is 0 Å². The minimum absolute atomic E-state index is 0.00540. The number of amides is 1. The van der Waals surface area contributed by atoms with Crippen molar-refractivity contribution in [3.63, 3.8) is 0 Å². The monoisotopic (exact) mass is 352 g/mol. The van der Waals surface area contributed by atoms with Gasteiger partial charge in [-0.15, -0.1) is 0 Å². The Morgan fingerprint density at radius 3 is 2.43 bits per heavy atom. The molecule has 2 aromatic carbocycles. The molecule has 1 amide bonds. The summed E-state index contributed by atoms with van der Waals surface area (Å²) in [6.07, 6.45) is 0. The predicted molar refractivity (Wildman–Crippen MR) is 90.3 cm³/mol. The molecule has 0 aliphatic carbocycles. The fourth-order valence-corrected chi connectivity index (χ4v) is 2.55. The van der Waals surface area contributed by atoms with E-state index in [1.54, 1.807) is 24.3 Å². The maximum Gasteiger partial charge on any atom is 0.269 e. The lowest BCUT2D eigenvalue weighted by Gasteiger charge is -2.13. The third-order valence-corrected chi connectivity index (χ3v) is 3.97. The highest BCUT2D eigenvalue weighted by Crippen LogP contribution is 2.22. The Morgan fingerprint density at radius 2 is 1.87 bits per heavy atom. The van der Waals surface area contributed by atoms with E-state index in [1.165, 1.54) is 18.2 Å². The Labute approximate surface area is 143 Å². The van der Waals surface area contributed by atoms with Crippen molar-refractivity contribution in [3.05, 3.63) is 73.8 Å². The van der Waals surface area contributed by atoms with Crippen molar-refractivity contribution in [2.75, 3.05) is 6.54 Å². The van der Waals surface area contributed by atoms with Crippen LogP contribution in [0.25, 0.3) is 0 Å². The highest BCUT2D eigenvalue weighted by atomic mass is 35.5. The van der Waals surface area contributed by atoms with Crippen molar-refractivity contribution in [1.29, 1.82) is 0 Å². The maximum atomic E-state index is 12.1. The van der Waals surface area contributed by atoms with Gasteiger partial charge in [0.1, 0.15) is 0 Å². The van der Waals surface area contributed by atoms with Crippen molar-refractivity contribution in [1.82, 2.24) is 5.32 Å². The molecule has 0 aliphatic rings. The van der Waals surface area contributed by atoms with E-state index < -0.39 is 4.92 Å². The number of halogens is 2. The van der Waals surface area contributed by atoms with Crippen molar-refractivity contribution in [2.45, 2.75) is 12.8 Å². The second-order valence-corrected chi connectivity index (χ2v) is 5.93. The van der Waals surface area contributed by atoms with Crippen LogP contribution in [-0.2, 0) is 0 Å². The molecule has 2 aromatic rings. The van der Waals surface area contributed by atoms with Gasteiger partial charge in [0, 0.05) is 23.7 Å². The number of carbonyl (C=O) groups is 1. The van der Waals surface area contributed by atoms with Crippen LogP contribution in [0.5, 0.6) is 0 Å². The van der Waals surface area contributed by atoms with Gasteiger partial charge in [0.05, 0.1) is 15.5 Å². The number of hydrogen-bond acceptors (Lipinski definition) is 3. The molecule has 0 spiro atoms. The molecule has 1 atom stereocenters. The van der Waals surface area contributed by atoms with Gasteiger partial charge in [0.2, 0.25) is 0 Å². The zero-order chi connectivity index (χ0) is 17.0. The van der Waals surface area contributed by atoms with Gasteiger partial charge >= 0.3 is 0 Å². The van der Waals surface area contributed by atoms with Gasteiger partial charge in [-0.05, 0) is 29.7 Å². The summed E-state index contributed by atoms with van der Waals surface area (Å²) in [5, 5.41) is 14.2. The molecule has 2 rings (SSSR count). The molecule has 0 fully saturated rings. The highest BCUT2D eigenvalue weighted by molar-refractivity contribution is 6.36. The minimum Gasteiger partial charge on any atom is -0.351 e. The van der Waals surface area contributed by atoms with Crippen LogP contribution in [0, 0.1) is 10.1 Å². The lowest BCUT2D eigenvalue weighted by atomic mass is 10.0. The van der Waals surface area contributed by atoms with Crippen LogP contribution in [0.15, 0.2) is 42.5 Å². The molecule has 0 saturated heterocycles. The molecule has 0 heterocycles. The van der Waals surface area contributed by atoms with Gasteiger partial charge in [0.25, 0.3) is 11.6 Å². The normalized spacial score (nSPS) is 11.8. The Bertz CT molecular complexity index is 733. The van der Waals surface area contributed by atoms with Crippen LogP contribution < -0.4 is 5.32 Å². The van der Waals surface area contributed by atoms with E-state index in [9.17, 15) is 14.9 Å². The largest absolute Gasteiger partial charge is 0.351 e. The second kappa shape index (κ2) is 7.44. The molecule has 7 heteroatoms. The van der Waals surface area contributed by atoms with E-state index in [0.29, 0.717) is 17.1 Å². The number of nitro benzene ring substituents is 1. The van der Waals surface area contributed by atoms with E-state index in [4.69, 9.17) is 23.2 Å². The van der Waals surface area contributed by atoms with Crippen LogP contribution in [-0.4, -0.2) is 17.4 Å². The van der Waals surface area contributed by atoms with Crippen LogP contribution in [0.1, 0.15) is 28.8 Å². The van der Waals surface area contributed by atoms with Gasteiger partial charge in [-0.3, -0.25) is 14.9 Å². The first kappa shape index (κ1) is 17.2. The molecule has 0 bridgehead atoms. The van der Waals surface area contributed by atoms with E-state index in [-0.39, 0.29) is 22.5 Å². The fourth-order valence-electron chi connectivity index (χ4n) is 2.06. The Morgan fingerprint density at radius 1 is 1.22 bits per heavy atom. The Kier molecular flexibility index (Phi) is 5.58. The van der Waals surface area contributed by atoms with E-state index in [1.807, 2.05) is 6.92 Å². The number of hydrogen-bond donors (Lipinski definition) is 1. The zero-order valence-electron chi connectivity index (χ0n) is 12.3. The predicted octanol–water partition coefficient (Wildman–Crippen LogP) is 4.44. The molecule has 0 radical (unpaired) electrons. The number of rotatable bonds is 5. The molecule has 1 N–H and O–H groups in total. The number of carbonyl (C=O) groups excluding carboxylic acids is 1. The molecule has 0 unspecified atom stereocenters. The summed E-state index contributed by atoms with van der Waals surface area (Å²) < 4.78 is 0. The SMILES string of the molecule is C[C@@H](CNC(=O)c1ccc(Cl)cc1Cl)c1ccc([N+](=O)[O-])cc1. The Hall–Kier alpha value is -2.11. The van der Waals surface area contributed by atoms with Crippen LogP contribution in [0.2, 0.25) is 10.0 Å². The fraction of sp³-hybridized carbons (Fsp3) is 0.188. The first-order chi connectivity index (χ1) is 10.9. The molecule has 120 valence electrons. The summed E-state index contributed by atoms with van der Waals surface area (Å²) >= 11 is 11.8. The summed E-state index contributed by atoms with van der Waals surface area (Å²) in [4.78, 5) is 22.3. The number of non-ortho nitro benzene ring substituents is 1.